The van der Waals surface area contributed by atoms with Crippen molar-refractivity contribution in [1.29, 1.82) is 0 Å². The lowest BCUT2D eigenvalue weighted by molar-refractivity contribution is 0.311. The normalized spacial score (nSPS) is 17.5. The van der Waals surface area contributed by atoms with Crippen LogP contribution in [0.4, 0.5) is 11.8 Å². The van der Waals surface area contributed by atoms with Crippen molar-refractivity contribution in [1.82, 2.24) is 9.97 Å². The van der Waals surface area contributed by atoms with Gasteiger partial charge in [0.2, 0.25) is 5.95 Å². The summed E-state index contributed by atoms with van der Waals surface area (Å²) in [5, 5.41) is 3.20. The summed E-state index contributed by atoms with van der Waals surface area (Å²) in [6.45, 7) is 6.79. The third kappa shape index (κ3) is 2.39. The molecule has 1 fully saturated rings. The van der Waals surface area contributed by atoms with E-state index in [1.54, 1.807) is 11.3 Å². The number of hydrogen-bond donors (Lipinski definition) is 1. The molecular formula is C14H20N4S. The zero-order valence-corrected chi connectivity index (χ0v) is 12.3. The van der Waals surface area contributed by atoms with Crippen LogP contribution in [0.15, 0.2) is 11.4 Å². The summed E-state index contributed by atoms with van der Waals surface area (Å²) in [5.41, 5.74) is 5.82. The largest absolute Gasteiger partial charge is 0.368 e. The van der Waals surface area contributed by atoms with E-state index in [4.69, 9.17) is 5.73 Å². The summed E-state index contributed by atoms with van der Waals surface area (Å²) in [6.07, 6.45) is 2.49. The highest BCUT2D eigenvalue weighted by Crippen LogP contribution is 2.32. The summed E-state index contributed by atoms with van der Waals surface area (Å²) >= 11 is 1.63. The molecule has 2 N–H and O–H groups in total. The highest BCUT2D eigenvalue weighted by Gasteiger charge is 2.24. The number of aromatic nitrogens is 2. The van der Waals surface area contributed by atoms with Gasteiger partial charge in [0, 0.05) is 13.1 Å². The first kappa shape index (κ1) is 12.7. The fraction of sp³-hybridized carbons (Fsp3) is 0.571. The summed E-state index contributed by atoms with van der Waals surface area (Å²) in [4.78, 5) is 12.1. The summed E-state index contributed by atoms with van der Waals surface area (Å²) in [5.74, 6) is 3.02. The number of anilines is 2. The number of fused-ring (bicyclic) bond motifs is 1. The number of thiophene rings is 1. The van der Waals surface area contributed by atoms with E-state index < -0.39 is 0 Å². The minimum atomic E-state index is 0.385. The first-order chi connectivity index (χ1) is 9.15. The predicted molar refractivity (Wildman–Crippen MR) is 81.6 cm³/mol. The van der Waals surface area contributed by atoms with Crippen LogP contribution in [0.5, 0.6) is 0 Å². The first-order valence-electron chi connectivity index (χ1n) is 6.91. The molecule has 0 amide bonds. The predicted octanol–water partition coefficient (Wildman–Crippen LogP) is 3.15. The van der Waals surface area contributed by atoms with Crippen molar-refractivity contribution < 1.29 is 0 Å². The average molecular weight is 276 g/mol. The molecule has 1 aliphatic rings. The van der Waals surface area contributed by atoms with Crippen LogP contribution in [0.25, 0.3) is 10.2 Å². The minimum Gasteiger partial charge on any atom is -0.368 e. The number of nitrogen functional groups attached to an aromatic ring is 1. The Hall–Kier alpha value is -1.36. The lowest BCUT2D eigenvalue weighted by Gasteiger charge is -2.34. The van der Waals surface area contributed by atoms with Gasteiger partial charge in [-0.2, -0.15) is 4.98 Å². The monoisotopic (exact) mass is 276 g/mol. The van der Waals surface area contributed by atoms with Gasteiger partial charge in [0.05, 0.1) is 5.39 Å². The van der Waals surface area contributed by atoms with Crippen molar-refractivity contribution in [2.45, 2.75) is 26.7 Å². The number of hydrogen-bond acceptors (Lipinski definition) is 5. The lowest BCUT2D eigenvalue weighted by atomic mass is 9.87. The van der Waals surface area contributed by atoms with Gasteiger partial charge in [-0.3, -0.25) is 0 Å². The molecule has 5 heteroatoms. The van der Waals surface area contributed by atoms with Gasteiger partial charge >= 0.3 is 0 Å². The van der Waals surface area contributed by atoms with Gasteiger partial charge in [-0.15, -0.1) is 11.3 Å². The van der Waals surface area contributed by atoms with Crippen molar-refractivity contribution in [3.8, 4) is 0 Å². The van der Waals surface area contributed by atoms with Crippen LogP contribution in [0, 0.1) is 11.8 Å². The van der Waals surface area contributed by atoms with Crippen LogP contribution in [-0.2, 0) is 0 Å². The average Bonchev–Trinajstić information content (AvgIpc) is 2.85. The standard InChI is InChI=1S/C14H20N4S/c1-9(2)10-3-6-18(7-4-10)12-11-5-8-19-13(11)17-14(15)16-12/h5,8-10H,3-4,6-7H2,1-2H3,(H2,15,16,17). The molecule has 0 bridgehead atoms. The maximum absolute atomic E-state index is 5.82. The Kier molecular flexibility index (Phi) is 3.31. The van der Waals surface area contributed by atoms with Crippen molar-refractivity contribution in [3.63, 3.8) is 0 Å². The van der Waals surface area contributed by atoms with Crippen LogP contribution >= 0.6 is 11.3 Å². The summed E-state index contributed by atoms with van der Waals surface area (Å²) in [6, 6.07) is 2.10. The van der Waals surface area contributed by atoms with E-state index >= 15 is 0 Å². The third-order valence-electron chi connectivity index (χ3n) is 4.10. The minimum absolute atomic E-state index is 0.385. The Morgan fingerprint density at radius 1 is 1.32 bits per heavy atom. The van der Waals surface area contributed by atoms with Crippen molar-refractivity contribution >= 4 is 33.3 Å². The fourth-order valence-corrected chi connectivity index (χ4v) is 3.64. The van der Waals surface area contributed by atoms with E-state index in [-0.39, 0.29) is 0 Å². The molecule has 0 unspecified atom stereocenters. The molecule has 1 aliphatic heterocycles. The van der Waals surface area contributed by atoms with Gasteiger partial charge in [-0.05, 0) is 36.1 Å². The second-order valence-electron chi connectivity index (χ2n) is 5.61. The Balaban J connectivity index is 1.87. The SMILES string of the molecule is CC(C)C1CCN(c2nc(N)nc3sccc23)CC1. The molecule has 1 saturated heterocycles. The molecule has 102 valence electrons. The molecule has 0 atom stereocenters. The van der Waals surface area contributed by atoms with Crippen LogP contribution in [-0.4, -0.2) is 23.1 Å². The molecule has 0 radical (unpaired) electrons. The maximum Gasteiger partial charge on any atom is 0.223 e. The van der Waals surface area contributed by atoms with Gasteiger partial charge < -0.3 is 10.6 Å². The quantitative estimate of drug-likeness (QED) is 0.915. The zero-order valence-electron chi connectivity index (χ0n) is 11.5. The van der Waals surface area contributed by atoms with Crippen molar-refractivity contribution in [2.75, 3.05) is 23.7 Å². The van der Waals surface area contributed by atoms with E-state index in [9.17, 15) is 0 Å². The van der Waals surface area contributed by atoms with Crippen LogP contribution in [0.2, 0.25) is 0 Å². The third-order valence-corrected chi connectivity index (χ3v) is 4.91. The van der Waals surface area contributed by atoms with Gasteiger partial charge in [-0.1, -0.05) is 13.8 Å². The zero-order chi connectivity index (χ0) is 13.4. The highest BCUT2D eigenvalue weighted by molar-refractivity contribution is 7.16. The first-order valence-corrected chi connectivity index (χ1v) is 7.79. The van der Waals surface area contributed by atoms with Gasteiger partial charge in [0.25, 0.3) is 0 Å². The van der Waals surface area contributed by atoms with E-state index in [1.807, 2.05) is 0 Å². The molecule has 0 aliphatic carbocycles. The molecule has 2 aromatic rings. The van der Waals surface area contributed by atoms with E-state index in [2.05, 4.69) is 40.2 Å². The van der Waals surface area contributed by atoms with Crippen molar-refractivity contribution in [3.05, 3.63) is 11.4 Å². The Labute approximate surface area is 117 Å². The number of rotatable bonds is 2. The molecular weight excluding hydrogens is 256 g/mol. The molecule has 3 heterocycles. The molecule has 19 heavy (non-hydrogen) atoms. The number of nitrogens with zero attached hydrogens (tertiary/aromatic N) is 3. The van der Waals surface area contributed by atoms with E-state index in [1.165, 1.54) is 12.8 Å². The topological polar surface area (TPSA) is 55.0 Å². The maximum atomic E-state index is 5.82. The van der Waals surface area contributed by atoms with Gasteiger partial charge in [0.1, 0.15) is 10.6 Å². The smallest absolute Gasteiger partial charge is 0.223 e. The number of piperidine rings is 1. The number of nitrogens with two attached hydrogens (primary N) is 1. The second-order valence-corrected chi connectivity index (χ2v) is 6.51. The second kappa shape index (κ2) is 4.96. The molecule has 0 spiro atoms. The van der Waals surface area contributed by atoms with Crippen LogP contribution in [0.1, 0.15) is 26.7 Å². The molecule has 4 nitrogen and oxygen atoms in total. The lowest BCUT2D eigenvalue weighted by Crippen LogP contribution is -2.36. The fourth-order valence-electron chi connectivity index (χ4n) is 2.87. The van der Waals surface area contributed by atoms with Crippen LogP contribution < -0.4 is 10.6 Å². The van der Waals surface area contributed by atoms with Gasteiger partial charge in [-0.25, -0.2) is 4.98 Å². The summed E-state index contributed by atoms with van der Waals surface area (Å²) in [7, 11) is 0. The van der Waals surface area contributed by atoms with Gasteiger partial charge in [0.15, 0.2) is 0 Å². The van der Waals surface area contributed by atoms with Crippen molar-refractivity contribution in [2.24, 2.45) is 11.8 Å². The molecule has 0 aromatic carbocycles. The highest BCUT2D eigenvalue weighted by atomic mass is 32.1. The Morgan fingerprint density at radius 3 is 2.74 bits per heavy atom. The Morgan fingerprint density at radius 2 is 2.05 bits per heavy atom. The molecule has 2 aromatic heterocycles. The van der Waals surface area contributed by atoms with Crippen LogP contribution in [0.3, 0.4) is 0 Å². The molecule has 3 rings (SSSR count). The molecule has 0 saturated carbocycles. The van der Waals surface area contributed by atoms with E-state index in [0.717, 1.165) is 41.0 Å². The van der Waals surface area contributed by atoms with E-state index in [0.29, 0.717) is 5.95 Å². The Bertz CT molecular complexity index is 570. The summed E-state index contributed by atoms with van der Waals surface area (Å²) < 4.78 is 0.